The average Bonchev–Trinajstić information content (AvgIpc) is 2.85. The van der Waals surface area contributed by atoms with E-state index in [-0.39, 0.29) is 0 Å². The smallest absolute Gasteiger partial charge is 0.0950 e. The molecule has 2 unspecified atom stereocenters. The largest absolute Gasteiger partial charge is 0.472 e. The van der Waals surface area contributed by atoms with E-state index >= 15 is 0 Å². The molecule has 0 aromatic carbocycles. The molecule has 1 aromatic rings. The molecule has 1 aliphatic rings. The Balaban J connectivity index is 1.78. The Morgan fingerprint density at radius 2 is 2.53 bits per heavy atom. The summed E-state index contributed by atoms with van der Waals surface area (Å²) >= 11 is 0. The van der Waals surface area contributed by atoms with E-state index < -0.39 is 0 Å². The first-order valence-corrected chi connectivity index (χ1v) is 5.73. The first-order valence-electron chi connectivity index (χ1n) is 5.73. The fourth-order valence-electron chi connectivity index (χ4n) is 2.19. The molecule has 2 rings (SSSR count). The van der Waals surface area contributed by atoms with Crippen molar-refractivity contribution in [2.75, 3.05) is 20.1 Å². The first-order chi connectivity index (χ1) is 7.27. The zero-order valence-corrected chi connectivity index (χ0v) is 9.57. The van der Waals surface area contributed by atoms with Crippen LogP contribution < -0.4 is 5.32 Å². The number of rotatable bonds is 4. The van der Waals surface area contributed by atoms with E-state index in [1.54, 1.807) is 6.26 Å². The Kier molecular flexibility index (Phi) is 3.44. The van der Waals surface area contributed by atoms with E-state index in [0.29, 0.717) is 12.1 Å². The Morgan fingerprint density at radius 1 is 1.67 bits per heavy atom. The highest BCUT2D eigenvalue weighted by atomic mass is 16.3. The van der Waals surface area contributed by atoms with Crippen LogP contribution in [0.3, 0.4) is 0 Å². The second kappa shape index (κ2) is 4.81. The summed E-state index contributed by atoms with van der Waals surface area (Å²) in [5, 5.41) is 3.56. The van der Waals surface area contributed by atoms with E-state index in [1.165, 1.54) is 24.9 Å². The molecule has 1 aromatic heterocycles. The molecule has 0 amide bonds. The zero-order chi connectivity index (χ0) is 10.7. The van der Waals surface area contributed by atoms with Crippen molar-refractivity contribution in [3.8, 4) is 0 Å². The lowest BCUT2D eigenvalue weighted by Crippen LogP contribution is -2.36. The van der Waals surface area contributed by atoms with E-state index in [2.05, 4.69) is 24.2 Å². The van der Waals surface area contributed by atoms with Gasteiger partial charge in [0, 0.05) is 24.2 Å². The normalized spacial score (nSPS) is 24.5. The van der Waals surface area contributed by atoms with Crippen LogP contribution in [0.5, 0.6) is 0 Å². The Labute approximate surface area is 91.4 Å². The van der Waals surface area contributed by atoms with Gasteiger partial charge in [-0.05, 0) is 39.4 Å². The van der Waals surface area contributed by atoms with E-state index in [0.717, 1.165) is 6.54 Å². The van der Waals surface area contributed by atoms with Crippen LogP contribution in [-0.4, -0.2) is 31.1 Å². The van der Waals surface area contributed by atoms with Gasteiger partial charge < -0.3 is 14.6 Å². The highest BCUT2D eigenvalue weighted by molar-refractivity contribution is 5.10. The van der Waals surface area contributed by atoms with Crippen LogP contribution in [0.25, 0.3) is 0 Å². The van der Waals surface area contributed by atoms with E-state index in [4.69, 9.17) is 4.42 Å². The molecule has 3 heteroatoms. The molecular weight excluding hydrogens is 188 g/mol. The summed E-state index contributed by atoms with van der Waals surface area (Å²) in [4.78, 5) is 2.44. The molecule has 0 aliphatic carbocycles. The van der Waals surface area contributed by atoms with Crippen molar-refractivity contribution in [3.05, 3.63) is 24.2 Å². The lowest BCUT2D eigenvalue weighted by molar-refractivity contribution is 0.293. The monoisotopic (exact) mass is 208 g/mol. The van der Waals surface area contributed by atoms with Crippen molar-refractivity contribution in [3.63, 3.8) is 0 Å². The predicted octanol–water partition coefficient (Wildman–Crippen LogP) is 2.02. The summed E-state index contributed by atoms with van der Waals surface area (Å²) in [6, 6.07) is 3.12. The second-order valence-electron chi connectivity index (χ2n) is 4.46. The second-order valence-corrected chi connectivity index (χ2v) is 4.46. The molecule has 0 bridgehead atoms. The van der Waals surface area contributed by atoms with Gasteiger partial charge in [-0.2, -0.15) is 0 Å². The number of likely N-dealkylation sites (N-methyl/N-ethyl adjacent to an activating group) is 1. The molecule has 2 atom stereocenters. The van der Waals surface area contributed by atoms with Gasteiger partial charge in [0.1, 0.15) is 0 Å². The fraction of sp³-hybridized carbons (Fsp3) is 0.667. The van der Waals surface area contributed by atoms with Crippen LogP contribution in [0.1, 0.15) is 31.4 Å². The van der Waals surface area contributed by atoms with Gasteiger partial charge in [-0.1, -0.05) is 0 Å². The third kappa shape index (κ3) is 2.61. The van der Waals surface area contributed by atoms with Gasteiger partial charge in [-0.15, -0.1) is 0 Å². The number of hydrogen-bond acceptors (Lipinski definition) is 3. The Bertz CT molecular complexity index is 284. The molecule has 2 heterocycles. The standard InChI is InChI=1S/C12H20N2O/c1-10(11-5-7-15-9-11)13-8-12-4-3-6-14(12)2/h5,7,9-10,12-13H,3-4,6,8H2,1-2H3. The lowest BCUT2D eigenvalue weighted by Gasteiger charge is -2.22. The van der Waals surface area contributed by atoms with Crippen molar-refractivity contribution in [1.82, 2.24) is 10.2 Å². The molecule has 1 saturated heterocycles. The summed E-state index contributed by atoms with van der Waals surface area (Å²) in [6.45, 7) is 4.50. The van der Waals surface area contributed by atoms with E-state index in [9.17, 15) is 0 Å². The molecule has 0 spiro atoms. The maximum Gasteiger partial charge on any atom is 0.0950 e. The van der Waals surface area contributed by atoms with Gasteiger partial charge in [0.2, 0.25) is 0 Å². The molecule has 3 nitrogen and oxygen atoms in total. The summed E-state index contributed by atoms with van der Waals surface area (Å²) in [5.41, 5.74) is 1.23. The third-order valence-electron chi connectivity index (χ3n) is 3.37. The van der Waals surface area contributed by atoms with Crippen LogP contribution >= 0.6 is 0 Å². The third-order valence-corrected chi connectivity index (χ3v) is 3.37. The minimum Gasteiger partial charge on any atom is -0.472 e. The summed E-state index contributed by atoms with van der Waals surface area (Å²) in [5.74, 6) is 0. The minimum atomic E-state index is 0.387. The van der Waals surface area contributed by atoms with E-state index in [1.807, 2.05) is 12.3 Å². The van der Waals surface area contributed by atoms with Crippen molar-refractivity contribution >= 4 is 0 Å². The molecule has 1 N–H and O–H groups in total. The zero-order valence-electron chi connectivity index (χ0n) is 9.57. The van der Waals surface area contributed by atoms with Crippen molar-refractivity contribution < 1.29 is 4.42 Å². The molecule has 1 aliphatic heterocycles. The van der Waals surface area contributed by atoms with Gasteiger partial charge in [0.15, 0.2) is 0 Å². The Hall–Kier alpha value is -0.800. The summed E-state index contributed by atoms with van der Waals surface area (Å²) < 4.78 is 5.08. The van der Waals surface area contributed by atoms with Crippen LogP contribution in [0, 0.1) is 0 Å². The van der Waals surface area contributed by atoms with Gasteiger partial charge in [-0.25, -0.2) is 0 Å². The molecular formula is C12H20N2O. The molecule has 0 saturated carbocycles. The highest BCUT2D eigenvalue weighted by Crippen LogP contribution is 2.16. The SMILES string of the molecule is CC(NCC1CCCN1C)c1ccoc1. The fourth-order valence-corrected chi connectivity index (χ4v) is 2.19. The molecule has 84 valence electrons. The topological polar surface area (TPSA) is 28.4 Å². The van der Waals surface area contributed by atoms with Crippen molar-refractivity contribution in [2.24, 2.45) is 0 Å². The van der Waals surface area contributed by atoms with Crippen LogP contribution in [0.15, 0.2) is 23.0 Å². The van der Waals surface area contributed by atoms with Crippen LogP contribution in [-0.2, 0) is 0 Å². The Morgan fingerprint density at radius 3 is 3.13 bits per heavy atom. The lowest BCUT2D eigenvalue weighted by atomic mass is 10.1. The first kappa shape index (κ1) is 10.7. The predicted molar refractivity (Wildman–Crippen MR) is 60.8 cm³/mol. The minimum absolute atomic E-state index is 0.387. The van der Waals surface area contributed by atoms with Crippen LogP contribution in [0.2, 0.25) is 0 Å². The van der Waals surface area contributed by atoms with Crippen molar-refractivity contribution in [1.29, 1.82) is 0 Å². The van der Waals surface area contributed by atoms with Gasteiger partial charge in [0.05, 0.1) is 12.5 Å². The van der Waals surface area contributed by atoms with Crippen molar-refractivity contribution in [2.45, 2.75) is 31.8 Å². The average molecular weight is 208 g/mol. The molecule has 1 fully saturated rings. The summed E-state index contributed by atoms with van der Waals surface area (Å²) in [6.07, 6.45) is 6.20. The maximum atomic E-state index is 5.08. The maximum absolute atomic E-state index is 5.08. The van der Waals surface area contributed by atoms with Gasteiger partial charge in [-0.3, -0.25) is 0 Å². The van der Waals surface area contributed by atoms with Crippen LogP contribution in [0.4, 0.5) is 0 Å². The number of hydrogen-bond donors (Lipinski definition) is 1. The number of furan rings is 1. The number of nitrogens with one attached hydrogen (secondary N) is 1. The highest BCUT2D eigenvalue weighted by Gasteiger charge is 2.21. The van der Waals surface area contributed by atoms with Gasteiger partial charge >= 0.3 is 0 Å². The summed E-state index contributed by atoms with van der Waals surface area (Å²) in [7, 11) is 2.21. The quantitative estimate of drug-likeness (QED) is 0.820. The number of likely N-dealkylation sites (tertiary alicyclic amines) is 1. The number of nitrogens with zero attached hydrogens (tertiary/aromatic N) is 1. The molecule has 0 radical (unpaired) electrons. The van der Waals surface area contributed by atoms with Gasteiger partial charge in [0.25, 0.3) is 0 Å². The molecule has 15 heavy (non-hydrogen) atoms.